The molecule has 11 heavy (non-hydrogen) atoms. The highest BCUT2D eigenvalue weighted by atomic mass is 14.2. The van der Waals surface area contributed by atoms with E-state index in [1.54, 1.807) is 5.57 Å². The Balaban J connectivity index is 2.41. The molecule has 0 aromatic rings. The molecule has 0 heteroatoms. The molecular weight excluding hydrogens is 132 g/mol. The summed E-state index contributed by atoms with van der Waals surface area (Å²) in [4.78, 5) is 0. The van der Waals surface area contributed by atoms with Crippen molar-refractivity contribution in [2.24, 2.45) is 11.8 Å². The molecule has 0 spiro atoms. The fourth-order valence-corrected chi connectivity index (χ4v) is 1.84. The summed E-state index contributed by atoms with van der Waals surface area (Å²) in [5, 5.41) is 0. The van der Waals surface area contributed by atoms with Crippen LogP contribution in [0.2, 0.25) is 0 Å². The summed E-state index contributed by atoms with van der Waals surface area (Å²) in [6.45, 7) is 6.95. The molecule has 0 saturated heterocycles. The molecule has 1 rings (SSSR count). The summed E-state index contributed by atoms with van der Waals surface area (Å²) >= 11 is 0. The van der Waals surface area contributed by atoms with Gasteiger partial charge in [-0.25, -0.2) is 0 Å². The first-order chi connectivity index (χ1) is 5.24. The molecule has 0 heterocycles. The second-order valence-electron chi connectivity index (χ2n) is 3.99. The minimum Gasteiger partial charge on any atom is -0.0851 e. The van der Waals surface area contributed by atoms with Crippen molar-refractivity contribution >= 4 is 0 Å². The molecule has 64 valence electrons. The lowest BCUT2D eigenvalue weighted by molar-refractivity contribution is 0.349. The first-order valence-electron chi connectivity index (χ1n) is 4.92. The van der Waals surface area contributed by atoms with Gasteiger partial charge in [0.05, 0.1) is 0 Å². The molecule has 1 atom stereocenters. The highest BCUT2D eigenvalue weighted by Crippen LogP contribution is 2.29. The van der Waals surface area contributed by atoms with E-state index < -0.39 is 0 Å². The van der Waals surface area contributed by atoms with Crippen molar-refractivity contribution in [3.63, 3.8) is 0 Å². The van der Waals surface area contributed by atoms with Crippen LogP contribution in [-0.4, -0.2) is 0 Å². The van der Waals surface area contributed by atoms with Crippen molar-refractivity contribution < 1.29 is 0 Å². The Morgan fingerprint density at radius 2 is 2.27 bits per heavy atom. The van der Waals surface area contributed by atoms with E-state index in [9.17, 15) is 0 Å². The standard InChI is InChI=1S/C11H20/c1-4-10-5-7-11(8-6-10)9(2)3/h5,9,11H,4,6-8H2,1-3H3. The van der Waals surface area contributed by atoms with E-state index in [2.05, 4.69) is 26.8 Å². The lowest BCUT2D eigenvalue weighted by atomic mass is 9.82. The summed E-state index contributed by atoms with van der Waals surface area (Å²) in [5.74, 6) is 1.84. The Kier molecular flexibility index (Phi) is 3.16. The van der Waals surface area contributed by atoms with E-state index in [0.717, 1.165) is 11.8 Å². The summed E-state index contributed by atoms with van der Waals surface area (Å²) in [6, 6.07) is 0. The average molecular weight is 152 g/mol. The second-order valence-corrected chi connectivity index (χ2v) is 3.99. The Morgan fingerprint density at radius 1 is 1.55 bits per heavy atom. The molecule has 0 radical (unpaired) electrons. The van der Waals surface area contributed by atoms with E-state index in [-0.39, 0.29) is 0 Å². The predicted molar refractivity (Wildman–Crippen MR) is 50.6 cm³/mol. The van der Waals surface area contributed by atoms with Crippen molar-refractivity contribution in [1.29, 1.82) is 0 Å². The van der Waals surface area contributed by atoms with Gasteiger partial charge in [0.15, 0.2) is 0 Å². The van der Waals surface area contributed by atoms with Crippen molar-refractivity contribution in [1.82, 2.24) is 0 Å². The third-order valence-electron chi connectivity index (χ3n) is 2.94. The van der Waals surface area contributed by atoms with Crippen LogP contribution in [0, 0.1) is 11.8 Å². The van der Waals surface area contributed by atoms with Crippen molar-refractivity contribution in [2.45, 2.75) is 46.5 Å². The number of hydrogen-bond acceptors (Lipinski definition) is 0. The minimum atomic E-state index is 0.879. The van der Waals surface area contributed by atoms with Crippen molar-refractivity contribution in [3.8, 4) is 0 Å². The fourth-order valence-electron chi connectivity index (χ4n) is 1.84. The maximum atomic E-state index is 2.47. The zero-order chi connectivity index (χ0) is 8.27. The molecule has 0 saturated carbocycles. The van der Waals surface area contributed by atoms with Gasteiger partial charge in [0.25, 0.3) is 0 Å². The normalized spacial score (nSPS) is 25.5. The average Bonchev–Trinajstić information content (AvgIpc) is 2.05. The predicted octanol–water partition coefficient (Wildman–Crippen LogP) is 3.78. The van der Waals surface area contributed by atoms with Crippen LogP contribution in [0.3, 0.4) is 0 Å². The summed E-state index contributed by atoms with van der Waals surface area (Å²) in [5.41, 5.74) is 1.68. The molecule has 1 aliphatic carbocycles. The van der Waals surface area contributed by atoms with Crippen LogP contribution in [0.25, 0.3) is 0 Å². The van der Waals surface area contributed by atoms with Gasteiger partial charge in [-0.2, -0.15) is 0 Å². The number of rotatable bonds is 2. The quantitative estimate of drug-likeness (QED) is 0.528. The van der Waals surface area contributed by atoms with Crippen LogP contribution in [0.1, 0.15) is 46.5 Å². The Bertz CT molecular complexity index is 142. The van der Waals surface area contributed by atoms with Crippen LogP contribution < -0.4 is 0 Å². The lowest BCUT2D eigenvalue weighted by Crippen LogP contribution is -2.11. The molecule has 0 nitrogen and oxygen atoms in total. The lowest BCUT2D eigenvalue weighted by Gasteiger charge is -2.24. The van der Waals surface area contributed by atoms with E-state index in [4.69, 9.17) is 0 Å². The molecule has 0 aromatic heterocycles. The zero-order valence-electron chi connectivity index (χ0n) is 8.06. The summed E-state index contributed by atoms with van der Waals surface area (Å²) in [6.07, 6.45) is 7.86. The van der Waals surface area contributed by atoms with E-state index >= 15 is 0 Å². The van der Waals surface area contributed by atoms with Gasteiger partial charge in [0.1, 0.15) is 0 Å². The van der Waals surface area contributed by atoms with Crippen LogP contribution in [0.4, 0.5) is 0 Å². The van der Waals surface area contributed by atoms with Gasteiger partial charge in [-0.05, 0) is 37.5 Å². The van der Waals surface area contributed by atoms with E-state index in [1.807, 2.05) is 0 Å². The maximum Gasteiger partial charge on any atom is -0.0317 e. The first kappa shape index (κ1) is 8.83. The van der Waals surface area contributed by atoms with Gasteiger partial charge < -0.3 is 0 Å². The van der Waals surface area contributed by atoms with E-state index in [1.165, 1.54) is 25.7 Å². The smallest absolute Gasteiger partial charge is 0.0317 e. The van der Waals surface area contributed by atoms with Crippen molar-refractivity contribution in [2.75, 3.05) is 0 Å². The number of hydrogen-bond donors (Lipinski definition) is 0. The molecular formula is C11H20. The third-order valence-corrected chi connectivity index (χ3v) is 2.94. The molecule has 0 bridgehead atoms. The maximum absolute atomic E-state index is 2.47. The highest BCUT2D eigenvalue weighted by molar-refractivity contribution is 5.05. The van der Waals surface area contributed by atoms with Gasteiger partial charge >= 0.3 is 0 Å². The van der Waals surface area contributed by atoms with Gasteiger partial charge in [-0.1, -0.05) is 32.4 Å². The van der Waals surface area contributed by atoms with Crippen LogP contribution >= 0.6 is 0 Å². The zero-order valence-corrected chi connectivity index (χ0v) is 8.06. The van der Waals surface area contributed by atoms with Gasteiger partial charge in [0, 0.05) is 0 Å². The van der Waals surface area contributed by atoms with Crippen LogP contribution in [0.15, 0.2) is 11.6 Å². The Morgan fingerprint density at radius 3 is 2.64 bits per heavy atom. The molecule has 0 aromatic carbocycles. The highest BCUT2D eigenvalue weighted by Gasteiger charge is 2.15. The minimum absolute atomic E-state index is 0.879. The molecule has 0 aliphatic heterocycles. The summed E-state index contributed by atoms with van der Waals surface area (Å²) < 4.78 is 0. The molecule has 1 aliphatic rings. The molecule has 0 fully saturated rings. The molecule has 0 amide bonds. The van der Waals surface area contributed by atoms with E-state index in [0.29, 0.717) is 0 Å². The summed E-state index contributed by atoms with van der Waals surface area (Å²) in [7, 11) is 0. The van der Waals surface area contributed by atoms with Gasteiger partial charge in [-0.15, -0.1) is 0 Å². The third kappa shape index (κ3) is 2.36. The largest absolute Gasteiger partial charge is 0.0851 e. The second kappa shape index (κ2) is 3.94. The molecule has 1 unspecified atom stereocenters. The van der Waals surface area contributed by atoms with Crippen molar-refractivity contribution in [3.05, 3.63) is 11.6 Å². The SMILES string of the molecule is CCC1=CCC(C(C)C)CC1. The topological polar surface area (TPSA) is 0 Å². The Hall–Kier alpha value is -0.260. The number of allylic oxidation sites excluding steroid dienone is 2. The monoisotopic (exact) mass is 152 g/mol. The molecule has 0 N–H and O–H groups in total. The van der Waals surface area contributed by atoms with Crippen LogP contribution in [-0.2, 0) is 0 Å². The van der Waals surface area contributed by atoms with Crippen LogP contribution in [0.5, 0.6) is 0 Å². The Labute approximate surface area is 70.7 Å². The fraction of sp³-hybridized carbons (Fsp3) is 0.818. The van der Waals surface area contributed by atoms with Gasteiger partial charge in [0.2, 0.25) is 0 Å². The van der Waals surface area contributed by atoms with Gasteiger partial charge in [-0.3, -0.25) is 0 Å². The first-order valence-corrected chi connectivity index (χ1v) is 4.92.